The van der Waals surface area contributed by atoms with Crippen LogP contribution in [0.3, 0.4) is 0 Å². The standard InChI is InChI=1S/C13H16F2N2O2/c1-17-13(12(16)18)5-4-9(7-13)19-11-6-8(14)2-3-10(11)15/h2-3,6,9,17H,4-5,7H2,1H3,(H2,16,18). The van der Waals surface area contributed by atoms with Crippen LogP contribution < -0.4 is 15.8 Å². The molecule has 1 fully saturated rings. The summed E-state index contributed by atoms with van der Waals surface area (Å²) in [6.45, 7) is 0. The zero-order chi connectivity index (χ0) is 14.0. The number of hydrogen-bond donors (Lipinski definition) is 2. The molecule has 2 atom stereocenters. The van der Waals surface area contributed by atoms with Gasteiger partial charge in [-0.15, -0.1) is 0 Å². The molecular formula is C13H16F2N2O2. The summed E-state index contributed by atoms with van der Waals surface area (Å²) in [6.07, 6.45) is 1.05. The molecule has 0 aromatic heterocycles. The minimum atomic E-state index is -0.825. The van der Waals surface area contributed by atoms with E-state index in [4.69, 9.17) is 10.5 Å². The largest absolute Gasteiger partial charge is 0.487 e. The van der Waals surface area contributed by atoms with Gasteiger partial charge in [-0.3, -0.25) is 4.79 Å². The average Bonchev–Trinajstić information content (AvgIpc) is 2.79. The van der Waals surface area contributed by atoms with Crippen molar-refractivity contribution in [3.63, 3.8) is 0 Å². The highest BCUT2D eigenvalue weighted by atomic mass is 19.1. The lowest BCUT2D eigenvalue weighted by Gasteiger charge is -2.24. The molecule has 1 aliphatic carbocycles. The van der Waals surface area contributed by atoms with Crippen LogP contribution in [0.2, 0.25) is 0 Å². The maximum atomic E-state index is 13.5. The molecule has 2 unspecified atom stereocenters. The molecule has 0 saturated heterocycles. The Morgan fingerprint density at radius 3 is 2.84 bits per heavy atom. The summed E-state index contributed by atoms with van der Waals surface area (Å²) in [5.41, 5.74) is 4.54. The lowest BCUT2D eigenvalue weighted by atomic mass is 9.97. The molecule has 2 rings (SSSR count). The zero-order valence-electron chi connectivity index (χ0n) is 10.6. The third-order valence-electron chi connectivity index (χ3n) is 3.61. The van der Waals surface area contributed by atoms with E-state index in [-0.39, 0.29) is 11.9 Å². The molecule has 1 aliphatic rings. The molecular weight excluding hydrogens is 254 g/mol. The Balaban J connectivity index is 2.10. The minimum Gasteiger partial charge on any atom is -0.487 e. The van der Waals surface area contributed by atoms with E-state index in [9.17, 15) is 13.6 Å². The number of nitrogens with one attached hydrogen (secondary N) is 1. The Bertz CT molecular complexity index is 496. The summed E-state index contributed by atoms with van der Waals surface area (Å²) in [5, 5.41) is 2.90. The molecule has 4 nitrogen and oxygen atoms in total. The Morgan fingerprint density at radius 1 is 1.53 bits per heavy atom. The van der Waals surface area contributed by atoms with Crippen molar-refractivity contribution in [1.82, 2.24) is 5.32 Å². The first-order valence-electron chi connectivity index (χ1n) is 6.07. The molecule has 1 amide bonds. The molecule has 0 radical (unpaired) electrons. The molecule has 104 valence electrons. The number of likely N-dealkylation sites (N-methyl/N-ethyl adjacent to an activating group) is 1. The van der Waals surface area contributed by atoms with Crippen LogP contribution in [0.15, 0.2) is 18.2 Å². The topological polar surface area (TPSA) is 64.3 Å². The number of hydrogen-bond acceptors (Lipinski definition) is 3. The summed E-state index contributed by atoms with van der Waals surface area (Å²) in [5.74, 6) is -1.78. The fourth-order valence-electron chi connectivity index (χ4n) is 2.42. The molecule has 0 aliphatic heterocycles. The SMILES string of the molecule is CNC1(C(N)=O)CCC(Oc2cc(F)ccc2F)C1. The zero-order valence-corrected chi connectivity index (χ0v) is 10.6. The van der Waals surface area contributed by atoms with E-state index in [1.807, 2.05) is 0 Å². The molecule has 1 saturated carbocycles. The number of ether oxygens (including phenoxy) is 1. The minimum absolute atomic E-state index is 0.138. The second-order valence-electron chi connectivity index (χ2n) is 4.75. The fourth-order valence-corrected chi connectivity index (χ4v) is 2.42. The van der Waals surface area contributed by atoms with Gasteiger partial charge in [0.15, 0.2) is 11.6 Å². The van der Waals surface area contributed by atoms with Crippen LogP contribution in [0.5, 0.6) is 5.75 Å². The Morgan fingerprint density at radius 2 is 2.26 bits per heavy atom. The predicted octanol–water partition coefficient (Wildman–Crippen LogP) is 1.34. The van der Waals surface area contributed by atoms with Crippen LogP contribution in [0.25, 0.3) is 0 Å². The molecule has 3 N–H and O–H groups in total. The van der Waals surface area contributed by atoms with Gasteiger partial charge in [-0.2, -0.15) is 0 Å². The number of carbonyl (C=O) groups is 1. The van der Waals surface area contributed by atoms with Gasteiger partial charge in [0.1, 0.15) is 17.5 Å². The van der Waals surface area contributed by atoms with Gasteiger partial charge in [-0.05, 0) is 32.0 Å². The van der Waals surface area contributed by atoms with Crippen molar-refractivity contribution in [3.05, 3.63) is 29.8 Å². The van der Waals surface area contributed by atoms with E-state index < -0.39 is 23.1 Å². The number of benzene rings is 1. The first kappa shape index (κ1) is 13.7. The Labute approximate surface area is 109 Å². The van der Waals surface area contributed by atoms with Crippen LogP contribution in [-0.4, -0.2) is 24.6 Å². The van der Waals surface area contributed by atoms with E-state index in [0.717, 1.165) is 18.2 Å². The normalized spacial score (nSPS) is 26.4. The molecule has 1 aromatic rings. The monoisotopic (exact) mass is 270 g/mol. The lowest BCUT2D eigenvalue weighted by molar-refractivity contribution is -0.124. The Kier molecular flexibility index (Phi) is 3.71. The number of carbonyl (C=O) groups excluding carboxylic acids is 1. The van der Waals surface area contributed by atoms with Crippen LogP contribution in [-0.2, 0) is 4.79 Å². The first-order chi connectivity index (χ1) is 8.97. The predicted molar refractivity (Wildman–Crippen MR) is 65.6 cm³/mol. The summed E-state index contributed by atoms with van der Waals surface area (Å²) in [4.78, 5) is 11.4. The van der Waals surface area contributed by atoms with Crippen LogP contribution in [0.1, 0.15) is 19.3 Å². The molecule has 0 heterocycles. The number of nitrogens with two attached hydrogens (primary N) is 1. The van der Waals surface area contributed by atoms with Crippen molar-refractivity contribution < 1.29 is 18.3 Å². The van der Waals surface area contributed by atoms with Crippen molar-refractivity contribution in [2.24, 2.45) is 5.73 Å². The molecule has 6 heteroatoms. The maximum absolute atomic E-state index is 13.5. The van der Waals surface area contributed by atoms with Gasteiger partial charge in [0, 0.05) is 12.5 Å². The summed E-state index contributed by atoms with van der Waals surface area (Å²) < 4.78 is 31.9. The van der Waals surface area contributed by atoms with Gasteiger partial charge in [-0.25, -0.2) is 8.78 Å². The molecule has 1 aromatic carbocycles. The Hall–Kier alpha value is -1.69. The fraction of sp³-hybridized carbons (Fsp3) is 0.462. The quantitative estimate of drug-likeness (QED) is 0.867. The van der Waals surface area contributed by atoms with Gasteiger partial charge >= 0.3 is 0 Å². The van der Waals surface area contributed by atoms with Gasteiger partial charge in [0.2, 0.25) is 5.91 Å². The van der Waals surface area contributed by atoms with Crippen molar-refractivity contribution in [3.8, 4) is 5.75 Å². The maximum Gasteiger partial charge on any atom is 0.237 e. The molecule has 0 spiro atoms. The van der Waals surface area contributed by atoms with E-state index in [0.29, 0.717) is 19.3 Å². The van der Waals surface area contributed by atoms with Gasteiger partial charge in [0.05, 0.1) is 0 Å². The third-order valence-corrected chi connectivity index (χ3v) is 3.61. The van der Waals surface area contributed by atoms with Crippen LogP contribution >= 0.6 is 0 Å². The number of rotatable bonds is 4. The van der Waals surface area contributed by atoms with E-state index >= 15 is 0 Å². The van der Waals surface area contributed by atoms with Crippen molar-refractivity contribution >= 4 is 5.91 Å². The first-order valence-corrected chi connectivity index (χ1v) is 6.07. The summed E-state index contributed by atoms with van der Waals surface area (Å²) >= 11 is 0. The number of amides is 1. The average molecular weight is 270 g/mol. The van der Waals surface area contributed by atoms with Crippen molar-refractivity contribution in [1.29, 1.82) is 0 Å². The van der Waals surface area contributed by atoms with Crippen molar-refractivity contribution in [2.75, 3.05) is 7.05 Å². The number of primary amides is 1. The van der Waals surface area contributed by atoms with Gasteiger partial charge in [0.25, 0.3) is 0 Å². The highest BCUT2D eigenvalue weighted by Crippen LogP contribution is 2.33. The molecule has 19 heavy (non-hydrogen) atoms. The summed E-state index contributed by atoms with van der Waals surface area (Å²) in [6, 6.07) is 3.04. The summed E-state index contributed by atoms with van der Waals surface area (Å²) in [7, 11) is 1.65. The second-order valence-corrected chi connectivity index (χ2v) is 4.75. The molecule has 0 bridgehead atoms. The van der Waals surface area contributed by atoms with Gasteiger partial charge < -0.3 is 15.8 Å². The van der Waals surface area contributed by atoms with Crippen molar-refractivity contribution in [2.45, 2.75) is 30.9 Å². The highest BCUT2D eigenvalue weighted by Gasteiger charge is 2.44. The van der Waals surface area contributed by atoms with E-state index in [1.54, 1.807) is 7.05 Å². The van der Waals surface area contributed by atoms with Crippen LogP contribution in [0, 0.1) is 11.6 Å². The number of halogens is 2. The second kappa shape index (κ2) is 5.13. The highest BCUT2D eigenvalue weighted by molar-refractivity contribution is 5.85. The van der Waals surface area contributed by atoms with Gasteiger partial charge in [-0.1, -0.05) is 0 Å². The lowest BCUT2D eigenvalue weighted by Crippen LogP contribution is -2.52. The van der Waals surface area contributed by atoms with Crippen LogP contribution in [0.4, 0.5) is 8.78 Å². The smallest absolute Gasteiger partial charge is 0.237 e. The third kappa shape index (κ3) is 2.68. The van der Waals surface area contributed by atoms with E-state index in [1.165, 1.54) is 0 Å². The van der Waals surface area contributed by atoms with E-state index in [2.05, 4.69) is 5.32 Å².